The zero-order valence-electron chi connectivity index (χ0n) is 17.3. The van der Waals surface area contributed by atoms with E-state index in [2.05, 4.69) is 12.1 Å². The van der Waals surface area contributed by atoms with Gasteiger partial charge in [0.15, 0.2) is 11.5 Å². The molecule has 6 nitrogen and oxygen atoms in total. The Bertz CT molecular complexity index is 951. The molecule has 0 saturated heterocycles. The minimum absolute atomic E-state index is 0.0607. The highest BCUT2D eigenvalue weighted by atomic mass is 32.2. The number of esters is 1. The van der Waals surface area contributed by atoms with E-state index in [1.165, 1.54) is 12.7 Å². The number of methoxy groups -OCH3 is 3. The fourth-order valence-electron chi connectivity index (χ4n) is 4.26. The summed E-state index contributed by atoms with van der Waals surface area (Å²) in [5.74, 6) is 0.950. The van der Waals surface area contributed by atoms with Crippen LogP contribution in [0.15, 0.2) is 41.3 Å². The quantitative estimate of drug-likeness (QED) is 0.682. The van der Waals surface area contributed by atoms with E-state index in [1.807, 2.05) is 29.2 Å². The first-order valence-corrected chi connectivity index (χ1v) is 10.8. The smallest absolute Gasteiger partial charge is 0.307 e. The Morgan fingerprint density at radius 3 is 2.50 bits per heavy atom. The molecule has 2 aliphatic rings. The molecular formula is C23H25NO5S. The molecule has 0 fully saturated rings. The molecule has 0 unspecified atom stereocenters. The molecule has 0 spiro atoms. The lowest BCUT2D eigenvalue weighted by molar-refractivity contribution is -0.144. The highest BCUT2D eigenvalue weighted by molar-refractivity contribution is 8.01. The molecule has 158 valence electrons. The summed E-state index contributed by atoms with van der Waals surface area (Å²) in [5.41, 5.74) is 3.18. The van der Waals surface area contributed by atoms with Gasteiger partial charge in [-0.1, -0.05) is 18.2 Å². The molecule has 0 aliphatic carbocycles. The third-order valence-corrected chi connectivity index (χ3v) is 7.10. The van der Waals surface area contributed by atoms with Crippen LogP contribution in [0.5, 0.6) is 11.5 Å². The van der Waals surface area contributed by atoms with Gasteiger partial charge in [-0.05, 0) is 47.7 Å². The first-order chi connectivity index (χ1) is 14.5. The summed E-state index contributed by atoms with van der Waals surface area (Å²) in [4.78, 5) is 28.7. The van der Waals surface area contributed by atoms with Crippen molar-refractivity contribution in [1.29, 1.82) is 0 Å². The molecule has 7 heteroatoms. The molecule has 2 aromatic rings. The van der Waals surface area contributed by atoms with Crippen LogP contribution in [0, 0.1) is 0 Å². The molecule has 30 heavy (non-hydrogen) atoms. The standard InChI is InChI=1S/C23H25NO5S/c1-27-18-10-14-8-9-24(17(13-22(25)29-3)16(14)12-19(18)28-2)23(26)21-11-15-6-4-5-7-20(15)30-21/h4-7,10,12,17,21H,8-9,11,13H2,1-3H3/t17-,21+/m1/s1. The second kappa shape index (κ2) is 8.60. The van der Waals surface area contributed by atoms with Gasteiger partial charge < -0.3 is 19.1 Å². The van der Waals surface area contributed by atoms with Gasteiger partial charge in [0, 0.05) is 11.4 Å². The van der Waals surface area contributed by atoms with Gasteiger partial charge in [0.25, 0.3) is 0 Å². The largest absolute Gasteiger partial charge is 0.493 e. The highest BCUT2D eigenvalue weighted by Gasteiger charge is 2.38. The van der Waals surface area contributed by atoms with E-state index in [-0.39, 0.29) is 23.5 Å². The number of thioether (sulfide) groups is 1. The van der Waals surface area contributed by atoms with E-state index >= 15 is 0 Å². The van der Waals surface area contributed by atoms with Crippen LogP contribution in [0.25, 0.3) is 0 Å². The summed E-state index contributed by atoms with van der Waals surface area (Å²) in [5, 5.41) is -0.177. The number of rotatable bonds is 5. The van der Waals surface area contributed by atoms with Gasteiger partial charge in [0.2, 0.25) is 5.91 Å². The molecule has 4 rings (SSSR count). The summed E-state index contributed by atoms with van der Waals surface area (Å²) < 4.78 is 15.8. The van der Waals surface area contributed by atoms with Gasteiger partial charge in [0.05, 0.1) is 39.0 Å². The van der Waals surface area contributed by atoms with Crippen LogP contribution >= 0.6 is 11.8 Å². The van der Waals surface area contributed by atoms with Crippen LogP contribution in [0.4, 0.5) is 0 Å². The lowest BCUT2D eigenvalue weighted by atomic mass is 9.89. The van der Waals surface area contributed by atoms with Crippen molar-refractivity contribution in [3.8, 4) is 11.5 Å². The Hall–Kier alpha value is -2.67. The predicted molar refractivity (Wildman–Crippen MR) is 114 cm³/mol. The van der Waals surface area contributed by atoms with E-state index < -0.39 is 6.04 Å². The summed E-state index contributed by atoms with van der Waals surface area (Å²) >= 11 is 1.61. The van der Waals surface area contributed by atoms with Gasteiger partial charge in [0.1, 0.15) is 0 Å². The van der Waals surface area contributed by atoms with Crippen molar-refractivity contribution < 1.29 is 23.8 Å². The molecule has 0 radical (unpaired) electrons. The van der Waals surface area contributed by atoms with Crippen LogP contribution in [0.3, 0.4) is 0 Å². The molecule has 2 atom stereocenters. The van der Waals surface area contributed by atoms with Crippen molar-refractivity contribution in [2.24, 2.45) is 0 Å². The van der Waals surface area contributed by atoms with E-state index in [9.17, 15) is 9.59 Å². The Labute approximate surface area is 180 Å². The predicted octanol–water partition coefficient (Wildman–Crippen LogP) is 3.41. The molecular weight excluding hydrogens is 402 g/mol. The van der Waals surface area contributed by atoms with Crippen LogP contribution in [-0.4, -0.2) is 49.9 Å². The molecule has 2 aliphatic heterocycles. The van der Waals surface area contributed by atoms with Crippen molar-refractivity contribution in [2.75, 3.05) is 27.9 Å². The minimum Gasteiger partial charge on any atom is -0.493 e. The Morgan fingerprint density at radius 2 is 1.80 bits per heavy atom. The molecule has 0 aromatic heterocycles. The SMILES string of the molecule is COC(=O)C[C@@H]1c2cc(OC)c(OC)cc2CCN1C(=O)[C@@H]1Cc2ccccc2S1. The fourth-order valence-corrected chi connectivity index (χ4v) is 5.52. The Balaban J connectivity index is 1.66. The lowest BCUT2D eigenvalue weighted by Gasteiger charge is -2.38. The average Bonchev–Trinajstić information content (AvgIpc) is 3.22. The maximum atomic E-state index is 13.5. The monoisotopic (exact) mass is 427 g/mol. The van der Waals surface area contributed by atoms with Crippen LogP contribution in [0.2, 0.25) is 0 Å². The number of nitrogens with zero attached hydrogens (tertiary/aromatic N) is 1. The zero-order valence-corrected chi connectivity index (χ0v) is 18.2. The maximum absolute atomic E-state index is 13.5. The molecule has 2 aromatic carbocycles. The number of hydrogen-bond donors (Lipinski definition) is 0. The number of benzene rings is 2. The molecule has 0 bridgehead atoms. The molecule has 0 N–H and O–H groups in total. The maximum Gasteiger partial charge on any atom is 0.307 e. The van der Waals surface area contributed by atoms with Gasteiger partial charge >= 0.3 is 5.97 Å². The Morgan fingerprint density at radius 1 is 1.07 bits per heavy atom. The first-order valence-electron chi connectivity index (χ1n) is 9.92. The summed E-state index contributed by atoms with van der Waals surface area (Å²) in [7, 11) is 4.55. The summed E-state index contributed by atoms with van der Waals surface area (Å²) in [6.45, 7) is 0.552. The number of hydrogen-bond acceptors (Lipinski definition) is 6. The second-order valence-corrected chi connectivity index (χ2v) is 8.65. The van der Waals surface area contributed by atoms with E-state index in [4.69, 9.17) is 14.2 Å². The Kier molecular flexibility index (Phi) is 5.90. The number of ether oxygens (including phenoxy) is 3. The van der Waals surface area contributed by atoms with Crippen molar-refractivity contribution >= 4 is 23.6 Å². The average molecular weight is 428 g/mol. The number of carbonyl (C=O) groups excluding carboxylic acids is 2. The van der Waals surface area contributed by atoms with E-state index in [1.54, 1.807) is 26.0 Å². The molecule has 0 saturated carbocycles. The molecule has 2 heterocycles. The van der Waals surface area contributed by atoms with E-state index in [0.717, 1.165) is 16.0 Å². The fraction of sp³-hybridized carbons (Fsp3) is 0.391. The lowest BCUT2D eigenvalue weighted by Crippen LogP contribution is -2.45. The third-order valence-electron chi connectivity index (χ3n) is 5.80. The first kappa shape index (κ1) is 20.6. The van der Waals surface area contributed by atoms with E-state index in [0.29, 0.717) is 30.9 Å². The van der Waals surface area contributed by atoms with Gasteiger partial charge in [-0.15, -0.1) is 11.8 Å². The number of carbonyl (C=O) groups is 2. The summed E-state index contributed by atoms with van der Waals surface area (Å²) in [6.07, 6.45) is 1.51. The third kappa shape index (κ3) is 3.74. The van der Waals surface area contributed by atoms with Gasteiger partial charge in [-0.3, -0.25) is 9.59 Å². The summed E-state index contributed by atoms with van der Waals surface area (Å²) in [6, 6.07) is 11.6. The molecule has 1 amide bonds. The van der Waals surface area contributed by atoms with Crippen molar-refractivity contribution in [2.45, 2.75) is 35.4 Å². The topological polar surface area (TPSA) is 65.1 Å². The zero-order chi connectivity index (χ0) is 21.3. The number of amides is 1. The van der Waals surface area contributed by atoms with Crippen LogP contribution in [-0.2, 0) is 27.2 Å². The minimum atomic E-state index is -0.391. The van der Waals surface area contributed by atoms with Gasteiger partial charge in [-0.2, -0.15) is 0 Å². The van der Waals surface area contributed by atoms with Crippen molar-refractivity contribution in [3.05, 3.63) is 53.1 Å². The van der Waals surface area contributed by atoms with Gasteiger partial charge in [-0.25, -0.2) is 0 Å². The van der Waals surface area contributed by atoms with Crippen molar-refractivity contribution in [3.63, 3.8) is 0 Å². The number of fused-ring (bicyclic) bond motifs is 2. The van der Waals surface area contributed by atoms with Crippen LogP contribution < -0.4 is 9.47 Å². The van der Waals surface area contributed by atoms with Crippen LogP contribution in [0.1, 0.15) is 29.2 Å². The second-order valence-electron chi connectivity index (χ2n) is 7.40. The normalized spacial score (nSPS) is 19.6. The van der Waals surface area contributed by atoms with Crippen molar-refractivity contribution in [1.82, 2.24) is 4.90 Å². The highest BCUT2D eigenvalue weighted by Crippen LogP contribution is 2.43.